The molecular formula is C22H28N2O7S2. The van der Waals surface area contributed by atoms with E-state index in [1.807, 2.05) is 0 Å². The molecule has 1 aliphatic rings. The Balaban J connectivity index is 1.85. The summed E-state index contributed by atoms with van der Waals surface area (Å²) in [5.41, 5.74) is -0.219. The van der Waals surface area contributed by atoms with Crippen LogP contribution in [0.15, 0.2) is 59.6 Å². The lowest BCUT2D eigenvalue weighted by Gasteiger charge is -2.46. The molecule has 1 aliphatic heterocycles. The van der Waals surface area contributed by atoms with Crippen molar-refractivity contribution in [3.05, 3.63) is 60.2 Å². The Kier molecular flexibility index (Phi) is 7.08. The Morgan fingerprint density at radius 2 is 1.61 bits per heavy atom. The first kappa shape index (κ1) is 25.0. The average molecular weight is 497 g/mol. The van der Waals surface area contributed by atoms with Crippen LogP contribution in [0.25, 0.3) is 0 Å². The molecule has 1 unspecified atom stereocenters. The van der Waals surface area contributed by atoms with Gasteiger partial charge in [-0.25, -0.2) is 4.31 Å². The third-order valence-electron chi connectivity index (χ3n) is 4.67. The van der Waals surface area contributed by atoms with Crippen molar-refractivity contribution in [2.45, 2.75) is 31.6 Å². The highest BCUT2D eigenvalue weighted by molar-refractivity contribution is 8.24. The quantitative estimate of drug-likeness (QED) is 0.440. The van der Waals surface area contributed by atoms with Crippen molar-refractivity contribution in [3.63, 3.8) is 0 Å². The van der Waals surface area contributed by atoms with E-state index < -0.39 is 37.6 Å². The SMILES string of the molecule is CC(C)(C)N1C(=O)C(=NCCOc2ccccc2OS(C)(=O)=O)C(c2ccccc2)S1(O)O. The number of para-hydroxylation sites is 2. The van der Waals surface area contributed by atoms with E-state index in [2.05, 4.69) is 4.99 Å². The molecule has 180 valence electrons. The summed E-state index contributed by atoms with van der Waals surface area (Å²) in [6.45, 7) is 5.23. The second-order valence-corrected chi connectivity index (χ2v) is 12.0. The van der Waals surface area contributed by atoms with E-state index in [4.69, 9.17) is 8.92 Å². The molecule has 3 rings (SSSR count). The number of nitrogens with zero attached hydrogens (tertiary/aromatic N) is 2. The lowest BCUT2D eigenvalue weighted by Crippen LogP contribution is -2.43. The van der Waals surface area contributed by atoms with E-state index in [1.54, 1.807) is 69.3 Å². The molecule has 0 radical (unpaired) electrons. The summed E-state index contributed by atoms with van der Waals surface area (Å²) >= 11 is 0. The lowest BCUT2D eigenvalue weighted by molar-refractivity contribution is -0.122. The molecule has 1 atom stereocenters. The maximum absolute atomic E-state index is 13.2. The Morgan fingerprint density at radius 1 is 1.03 bits per heavy atom. The highest BCUT2D eigenvalue weighted by Crippen LogP contribution is 2.64. The van der Waals surface area contributed by atoms with E-state index in [0.717, 1.165) is 10.6 Å². The van der Waals surface area contributed by atoms with Gasteiger partial charge in [0.2, 0.25) is 0 Å². The molecule has 1 amide bonds. The number of hydrogen-bond acceptors (Lipinski definition) is 8. The van der Waals surface area contributed by atoms with Crippen molar-refractivity contribution in [2.75, 3.05) is 19.4 Å². The zero-order chi connectivity index (χ0) is 24.4. The first-order valence-electron chi connectivity index (χ1n) is 10.1. The minimum Gasteiger partial charge on any atom is -0.488 e. The maximum atomic E-state index is 13.2. The van der Waals surface area contributed by atoms with Gasteiger partial charge < -0.3 is 8.92 Å². The van der Waals surface area contributed by atoms with Gasteiger partial charge >= 0.3 is 10.1 Å². The Bertz CT molecular complexity index is 1140. The number of aliphatic imine (C=N–C) groups is 1. The summed E-state index contributed by atoms with van der Waals surface area (Å²) in [5.74, 6) is -0.293. The van der Waals surface area contributed by atoms with Gasteiger partial charge in [0.25, 0.3) is 5.91 Å². The first-order valence-corrected chi connectivity index (χ1v) is 13.5. The van der Waals surface area contributed by atoms with Crippen molar-refractivity contribution in [3.8, 4) is 11.5 Å². The molecule has 9 nitrogen and oxygen atoms in total. The average Bonchev–Trinajstić information content (AvgIpc) is 2.90. The van der Waals surface area contributed by atoms with Gasteiger partial charge in [0, 0.05) is 0 Å². The van der Waals surface area contributed by atoms with Crippen LogP contribution in [-0.2, 0) is 14.9 Å². The predicted molar refractivity (Wildman–Crippen MR) is 128 cm³/mol. The second-order valence-electron chi connectivity index (χ2n) is 8.47. The molecule has 0 saturated carbocycles. The van der Waals surface area contributed by atoms with E-state index in [-0.39, 0.29) is 30.4 Å². The van der Waals surface area contributed by atoms with Crippen LogP contribution in [-0.4, -0.2) is 58.4 Å². The van der Waals surface area contributed by atoms with Crippen LogP contribution in [0.4, 0.5) is 0 Å². The number of carbonyl (C=O) groups excluding carboxylic acids is 1. The fraction of sp³-hybridized carbons (Fsp3) is 0.364. The minimum atomic E-state index is -3.73. The van der Waals surface area contributed by atoms with Gasteiger partial charge in [-0.2, -0.15) is 8.42 Å². The predicted octanol–water partition coefficient (Wildman–Crippen LogP) is 3.89. The highest BCUT2D eigenvalue weighted by Gasteiger charge is 2.54. The summed E-state index contributed by atoms with van der Waals surface area (Å²) in [6, 6.07) is 15.1. The molecule has 2 N–H and O–H groups in total. The van der Waals surface area contributed by atoms with Crippen LogP contribution in [0.2, 0.25) is 0 Å². The Labute approximate surface area is 195 Å². The van der Waals surface area contributed by atoms with Gasteiger partial charge in [0.1, 0.15) is 17.6 Å². The molecule has 1 fully saturated rings. The molecule has 33 heavy (non-hydrogen) atoms. The smallest absolute Gasteiger partial charge is 0.306 e. The summed E-state index contributed by atoms with van der Waals surface area (Å²) < 4.78 is 56.7. The number of ether oxygens (including phenoxy) is 1. The first-order chi connectivity index (χ1) is 15.3. The molecule has 1 heterocycles. The zero-order valence-corrected chi connectivity index (χ0v) is 20.5. The largest absolute Gasteiger partial charge is 0.488 e. The Morgan fingerprint density at radius 3 is 2.18 bits per heavy atom. The lowest BCUT2D eigenvalue weighted by atomic mass is 10.1. The van der Waals surface area contributed by atoms with Gasteiger partial charge in [0.15, 0.2) is 11.5 Å². The molecule has 0 spiro atoms. The number of benzene rings is 2. The number of hydrogen-bond donors (Lipinski definition) is 2. The van der Waals surface area contributed by atoms with Crippen LogP contribution >= 0.6 is 10.8 Å². The molecule has 0 aromatic heterocycles. The minimum absolute atomic E-state index is 0.0110. The van der Waals surface area contributed by atoms with E-state index >= 15 is 0 Å². The van der Waals surface area contributed by atoms with Crippen molar-refractivity contribution in [2.24, 2.45) is 4.99 Å². The number of carbonyl (C=O) groups is 1. The molecule has 1 saturated heterocycles. The van der Waals surface area contributed by atoms with E-state index in [1.165, 1.54) is 6.07 Å². The molecule has 0 bridgehead atoms. The standard InChI is InChI=1S/C22H28N2O7S2/c1-22(2,3)24-21(25)19(20(33(24,28)29)16-10-6-5-7-11-16)23-14-15-30-17-12-8-9-13-18(17)31-32(4,26)27/h5-13,20,28-29H,14-15H2,1-4H3. The van der Waals surface area contributed by atoms with Crippen LogP contribution in [0.1, 0.15) is 31.6 Å². The fourth-order valence-electron chi connectivity index (χ4n) is 3.54. The van der Waals surface area contributed by atoms with Gasteiger partial charge in [0.05, 0.1) is 18.3 Å². The molecule has 2 aromatic carbocycles. The fourth-order valence-corrected chi connectivity index (χ4v) is 6.36. The topological polar surface area (TPSA) is 126 Å². The normalized spacial score (nSPS) is 20.7. The third-order valence-corrected chi connectivity index (χ3v) is 7.53. The van der Waals surface area contributed by atoms with Gasteiger partial charge in [-0.3, -0.25) is 18.9 Å². The van der Waals surface area contributed by atoms with Crippen LogP contribution in [0, 0.1) is 0 Å². The van der Waals surface area contributed by atoms with Crippen molar-refractivity contribution >= 4 is 32.5 Å². The second kappa shape index (κ2) is 9.34. The molecule has 2 aromatic rings. The van der Waals surface area contributed by atoms with Crippen molar-refractivity contribution in [1.82, 2.24) is 4.31 Å². The molecule has 11 heteroatoms. The maximum Gasteiger partial charge on any atom is 0.306 e. The van der Waals surface area contributed by atoms with Gasteiger partial charge in [-0.15, -0.1) is 10.8 Å². The van der Waals surface area contributed by atoms with Gasteiger partial charge in [-0.05, 0) is 38.5 Å². The summed E-state index contributed by atoms with van der Waals surface area (Å²) in [4.78, 5) is 17.6. The Hall–Kier alpha value is -2.60. The van der Waals surface area contributed by atoms with Crippen LogP contribution < -0.4 is 8.92 Å². The van der Waals surface area contributed by atoms with Gasteiger partial charge in [-0.1, -0.05) is 42.5 Å². The zero-order valence-electron chi connectivity index (χ0n) is 18.8. The number of amides is 1. The van der Waals surface area contributed by atoms with Crippen LogP contribution in [0.3, 0.4) is 0 Å². The molecule has 0 aliphatic carbocycles. The number of rotatable bonds is 7. The van der Waals surface area contributed by atoms with Crippen molar-refractivity contribution < 1.29 is 31.2 Å². The van der Waals surface area contributed by atoms with Crippen molar-refractivity contribution in [1.29, 1.82) is 0 Å². The van der Waals surface area contributed by atoms with E-state index in [0.29, 0.717) is 5.56 Å². The van der Waals surface area contributed by atoms with E-state index in [9.17, 15) is 22.3 Å². The summed E-state index contributed by atoms with van der Waals surface area (Å²) in [7, 11) is -7.26. The summed E-state index contributed by atoms with van der Waals surface area (Å²) in [6.07, 6.45) is 0.935. The third kappa shape index (κ3) is 5.67. The monoisotopic (exact) mass is 496 g/mol. The highest BCUT2D eigenvalue weighted by atomic mass is 32.3. The van der Waals surface area contributed by atoms with Crippen LogP contribution in [0.5, 0.6) is 11.5 Å². The molecular weight excluding hydrogens is 468 g/mol. The summed E-state index contributed by atoms with van der Waals surface area (Å²) in [5, 5.41) is -0.994.